The summed E-state index contributed by atoms with van der Waals surface area (Å²) in [6.45, 7) is 0. The third kappa shape index (κ3) is 2.66. The van der Waals surface area contributed by atoms with E-state index in [0.29, 0.717) is 5.02 Å². The first-order chi connectivity index (χ1) is 8.42. The van der Waals surface area contributed by atoms with Crippen molar-refractivity contribution in [2.45, 2.75) is 43.5 Å². The normalized spacial score (nSPS) is 30.2. The van der Waals surface area contributed by atoms with Gasteiger partial charge in [-0.3, -0.25) is 0 Å². The molecular formula is C13H16ClF2NO. The van der Waals surface area contributed by atoms with Crippen molar-refractivity contribution in [3.63, 3.8) is 0 Å². The number of benzene rings is 1. The summed E-state index contributed by atoms with van der Waals surface area (Å²) in [5, 5.41) is 10.8. The van der Waals surface area contributed by atoms with Gasteiger partial charge in [-0.25, -0.2) is 8.78 Å². The van der Waals surface area contributed by atoms with E-state index in [1.165, 1.54) is 18.2 Å². The maximum atomic E-state index is 13.7. The molecule has 0 aromatic heterocycles. The molecule has 1 aromatic rings. The largest absolute Gasteiger partial charge is 0.388 e. The second kappa shape index (κ2) is 5.11. The summed E-state index contributed by atoms with van der Waals surface area (Å²) in [5.74, 6) is -0.498. The van der Waals surface area contributed by atoms with Crippen LogP contribution in [0, 0.1) is 5.82 Å². The van der Waals surface area contributed by atoms with E-state index < -0.39 is 23.6 Å². The van der Waals surface area contributed by atoms with Crippen LogP contribution >= 0.6 is 11.6 Å². The molecule has 1 aliphatic carbocycles. The monoisotopic (exact) mass is 275 g/mol. The molecule has 0 amide bonds. The van der Waals surface area contributed by atoms with Crippen LogP contribution in [0.5, 0.6) is 0 Å². The van der Waals surface area contributed by atoms with Crippen LogP contribution in [0.1, 0.15) is 37.3 Å². The Bertz CT molecular complexity index is 433. The van der Waals surface area contributed by atoms with Crippen LogP contribution in [0.3, 0.4) is 0 Å². The second-order valence-corrected chi connectivity index (χ2v) is 5.36. The molecule has 1 fully saturated rings. The predicted molar refractivity (Wildman–Crippen MR) is 66.7 cm³/mol. The molecule has 0 heterocycles. The molecular weight excluding hydrogens is 260 g/mol. The van der Waals surface area contributed by atoms with Crippen molar-refractivity contribution in [2.75, 3.05) is 0 Å². The van der Waals surface area contributed by atoms with Gasteiger partial charge < -0.3 is 10.8 Å². The van der Waals surface area contributed by atoms with Crippen LogP contribution < -0.4 is 5.73 Å². The summed E-state index contributed by atoms with van der Waals surface area (Å²) in [6.07, 6.45) is 0.0862. The van der Waals surface area contributed by atoms with Crippen LogP contribution in [0.15, 0.2) is 18.2 Å². The Morgan fingerprint density at radius 2 is 2.00 bits per heavy atom. The van der Waals surface area contributed by atoms with Gasteiger partial charge >= 0.3 is 0 Å². The Morgan fingerprint density at radius 1 is 1.39 bits per heavy atom. The van der Waals surface area contributed by atoms with Crippen LogP contribution in [0.25, 0.3) is 0 Å². The molecule has 1 unspecified atom stereocenters. The van der Waals surface area contributed by atoms with Gasteiger partial charge in [0.2, 0.25) is 0 Å². The van der Waals surface area contributed by atoms with E-state index in [-0.39, 0.29) is 31.2 Å². The molecule has 18 heavy (non-hydrogen) atoms. The average Bonchev–Trinajstić information content (AvgIpc) is 2.35. The zero-order chi connectivity index (χ0) is 13.3. The second-order valence-electron chi connectivity index (χ2n) is 4.92. The van der Waals surface area contributed by atoms with Gasteiger partial charge in [0.1, 0.15) is 12.0 Å². The SMILES string of the molecule is NC(c1cc(Cl)ccc1F)[C@]1(O)CC[C@@H](F)CC1. The molecule has 0 aliphatic heterocycles. The van der Waals surface area contributed by atoms with Crippen molar-refractivity contribution in [3.8, 4) is 0 Å². The van der Waals surface area contributed by atoms with Gasteiger partial charge in [-0.05, 0) is 43.9 Å². The summed E-state index contributed by atoms with van der Waals surface area (Å²) in [5.41, 5.74) is 4.87. The Kier molecular flexibility index (Phi) is 3.90. The topological polar surface area (TPSA) is 46.2 Å². The fraction of sp³-hybridized carbons (Fsp3) is 0.538. The molecule has 1 atom stereocenters. The van der Waals surface area contributed by atoms with Crippen LogP contribution in [-0.2, 0) is 0 Å². The number of alkyl halides is 1. The minimum absolute atomic E-state index is 0.183. The smallest absolute Gasteiger partial charge is 0.128 e. The fourth-order valence-corrected chi connectivity index (χ4v) is 2.62. The first kappa shape index (κ1) is 13.7. The Morgan fingerprint density at radius 3 is 2.61 bits per heavy atom. The van der Waals surface area contributed by atoms with Gasteiger partial charge in [0.15, 0.2) is 0 Å². The van der Waals surface area contributed by atoms with Crippen molar-refractivity contribution in [1.82, 2.24) is 0 Å². The molecule has 5 heteroatoms. The Balaban J connectivity index is 2.24. The highest BCUT2D eigenvalue weighted by molar-refractivity contribution is 6.30. The first-order valence-electron chi connectivity index (χ1n) is 5.99. The third-order valence-corrected chi connectivity index (χ3v) is 3.89. The Labute approximate surface area is 110 Å². The van der Waals surface area contributed by atoms with Crippen molar-refractivity contribution in [2.24, 2.45) is 5.73 Å². The molecule has 0 bridgehead atoms. The quantitative estimate of drug-likeness (QED) is 0.871. The number of nitrogens with two attached hydrogens (primary N) is 1. The molecule has 1 aliphatic rings. The summed E-state index contributed by atoms with van der Waals surface area (Å²) in [6, 6.07) is 3.18. The molecule has 0 radical (unpaired) electrons. The highest BCUT2D eigenvalue weighted by atomic mass is 35.5. The summed E-state index contributed by atoms with van der Waals surface area (Å²) in [7, 11) is 0. The maximum absolute atomic E-state index is 13.7. The number of hydrogen-bond acceptors (Lipinski definition) is 2. The lowest BCUT2D eigenvalue weighted by molar-refractivity contribution is -0.0371. The molecule has 100 valence electrons. The predicted octanol–water partition coefficient (Wildman–Crippen LogP) is 3.12. The van der Waals surface area contributed by atoms with E-state index in [2.05, 4.69) is 0 Å². The first-order valence-corrected chi connectivity index (χ1v) is 6.37. The van der Waals surface area contributed by atoms with Crippen molar-refractivity contribution in [1.29, 1.82) is 0 Å². The van der Waals surface area contributed by atoms with Crippen LogP contribution in [0.4, 0.5) is 8.78 Å². The molecule has 0 spiro atoms. The molecule has 2 rings (SSSR count). The number of aliphatic hydroxyl groups is 1. The zero-order valence-electron chi connectivity index (χ0n) is 9.87. The van der Waals surface area contributed by atoms with E-state index in [1.807, 2.05) is 0 Å². The minimum Gasteiger partial charge on any atom is -0.388 e. The molecule has 1 aromatic carbocycles. The van der Waals surface area contributed by atoms with Crippen molar-refractivity contribution >= 4 is 11.6 Å². The van der Waals surface area contributed by atoms with Crippen LogP contribution in [0.2, 0.25) is 5.02 Å². The van der Waals surface area contributed by atoms with Gasteiger partial charge in [0.05, 0.1) is 11.6 Å². The highest BCUT2D eigenvalue weighted by Gasteiger charge is 2.40. The summed E-state index contributed by atoms with van der Waals surface area (Å²) >= 11 is 5.80. The van der Waals surface area contributed by atoms with Gasteiger partial charge in [-0.2, -0.15) is 0 Å². The van der Waals surface area contributed by atoms with Crippen molar-refractivity contribution in [3.05, 3.63) is 34.6 Å². The molecule has 0 saturated heterocycles. The lowest BCUT2D eigenvalue weighted by Crippen LogP contribution is -2.44. The van der Waals surface area contributed by atoms with Crippen molar-refractivity contribution < 1.29 is 13.9 Å². The summed E-state index contributed by atoms with van der Waals surface area (Å²) in [4.78, 5) is 0. The molecule has 3 N–H and O–H groups in total. The Hall–Kier alpha value is -0.710. The van der Waals surface area contributed by atoms with E-state index in [9.17, 15) is 13.9 Å². The minimum atomic E-state index is -1.26. The van der Waals surface area contributed by atoms with E-state index >= 15 is 0 Å². The lowest BCUT2D eigenvalue weighted by atomic mass is 9.76. The highest BCUT2D eigenvalue weighted by Crippen LogP contribution is 2.39. The van der Waals surface area contributed by atoms with Gasteiger partial charge in [-0.1, -0.05) is 11.6 Å². The standard InChI is InChI=1S/C13H16ClF2NO/c14-8-1-2-11(16)10(7-8)12(17)13(18)5-3-9(15)4-6-13/h1-2,7,9,12,18H,3-6,17H2/t9-,12?,13+. The number of hydrogen-bond donors (Lipinski definition) is 2. The van der Waals surface area contributed by atoms with Gasteiger partial charge in [0.25, 0.3) is 0 Å². The summed E-state index contributed by atoms with van der Waals surface area (Å²) < 4.78 is 26.8. The zero-order valence-corrected chi connectivity index (χ0v) is 10.6. The van der Waals surface area contributed by atoms with E-state index in [0.717, 1.165) is 0 Å². The van der Waals surface area contributed by atoms with E-state index in [1.54, 1.807) is 0 Å². The van der Waals surface area contributed by atoms with Gasteiger partial charge in [-0.15, -0.1) is 0 Å². The fourth-order valence-electron chi connectivity index (χ4n) is 2.44. The average molecular weight is 276 g/mol. The van der Waals surface area contributed by atoms with Gasteiger partial charge in [0, 0.05) is 10.6 Å². The van der Waals surface area contributed by atoms with Crippen LogP contribution in [-0.4, -0.2) is 16.9 Å². The number of rotatable bonds is 2. The third-order valence-electron chi connectivity index (χ3n) is 3.65. The maximum Gasteiger partial charge on any atom is 0.128 e. The number of halogens is 3. The lowest BCUT2D eigenvalue weighted by Gasteiger charge is -2.38. The van der Waals surface area contributed by atoms with E-state index in [4.69, 9.17) is 17.3 Å². The molecule has 1 saturated carbocycles. The molecule has 2 nitrogen and oxygen atoms in total.